The summed E-state index contributed by atoms with van der Waals surface area (Å²) in [6, 6.07) is 7.43. The fraction of sp³-hybridized carbons (Fsp3) is 0.294. The second-order valence-electron chi connectivity index (χ2n) is 4.99. The van der Waals surface area contributed by atoms with Crippen molar-refractivity contribution in [2.45, 2.75) is 18.6 Å². The van der Waals surface area contributed by atoms with Crippen molar-refractivity contribution in [3.05, 3.63) is 36.9 Å². The topological polar surface area (TPSA) is 95.3 Å². The largest absolute Gasteiger partial charge is 0.497 e. The maximum Gasteiger partial charge on any atom is 0.413 e. The van der Waals surface area contributed by atoms with Crippen LogP contribution in [0.5, 0.6) is 5.75 Å². The van der Waals surface area contributed by atoms with Gasteiger partial charge in [-0.25, -0.2) is 4.79 Å². The molecule has 138 valence electrons. The number of hydrogen-bond donors (Lipinski definition) is 1. The summed E-state index contributed by atoms with van der Waals surface area (Å²) in [5.74, 6) is 0.943. The summed E-state index contributed by atoms with van der Waals surface area (Å²) in [5, 5.41) is 11.0. The molecule has 0 aliphatic rings. The Morgan fingerprint density at radius 3 is 2.65 bits per heavy atom. The van der Waals surface area contributed by atoms with Gasteiger partial charge >= 0.3 is 6.09 Å². The third-order valence-electron chi connectivity index (χ3n) is 3.23. The minimum atomic E-state index is -0.760. The van der Waals surface area contributed by atoms with Crippen molar-refractivity contribution in [2.75, 3.05) is 19.5 Å². The maximum atomic E-state index is 11.8. The van der Waals surface area contributed by atoms with E-state index >= 15 is 0 Å². The van der Waals surface area contributed by atoms with Crippen LogP contribution < -0.4 is 10.1 Å². The Hall–Kier alpha value is -2.81. The van der Waals surface area contributed by atoms with Gasteiger partial charge in [-0.05, 0) is 31.2 Å². The first-order valence-corrected chi connectivity index (χ1v) is 8.85. The number of imide groups is 1. The molecule has 0 aliphatic carbocycles. The number of methoxy groups -OCH3 is 1. The molecule has 8 nitrogen and oxygen atoms in total. The molecule has 0 radical (unpaired) electrons. The molecule has 0 saturated heterocycles. The van der Waals surface area contributed by atoms with Gasteiger partial charge in [-0.1, -0.05) is 17.8 Å². The van der Waals surface area contributed by atoms with Crippen LogP contribution in [0.3, 0.4) is 0 Å². The number of carbonyl (C=O) groups excluding carboxylic acids is 2. The van der Waals surface area contributed by atoms with E-state index in [1.54, 1.807) is 20.1 Å². The summed E-state index contributed by atoms with van der Waals surface area (Å²) in [6.45, 7) is 6.09. The van der Waals surface area contributed by atoms with Gasteiger partial charge in [0.15, 0.2) is 11.0 Å². The first-order chi connectivity index (χ1) is 12.6. The third kappa shape index (κ3) is 5.09. The molecule has 0 spiro atoms. The monoisotopic (exact) mass is 376 g/mol. The fourth-order valence-corrected chi connectivity index (χ4v) is 2.84. The summed E-state index contributed by atoms with van der Waals surface area (Å²) in [4.78, 5) is 23.0. The normalized spacial score (nSPS) is 10.2. The number of allylic oxidation sites excluding steroid dienone is 1. The summed E-state index contributed by atoms with van der Waals surface area (Å²) in [6.07, 6.45) is 0.962. The van der Waals surface area contributed by atoms with Crippen LogP contribution in [0.25, 0.3) is 11.4 Å². The van der Waals surface area contributed by atoms with Crippen LogP contribution in [0.1, 0.15) is 6.92 Å². The number of nitrogens with zero attached hydrogens (tertiary/aromatic N) is 3. The molecule has 0 unspecified atom stereocenters. The van der Waals surface area contributed by atoms with Gasteiger partial charge in [0.2, 0.25) is 5.91 Å². The molecule has 2 amide bonds. The molecule has 0 atom stereocenters. The fourth-order valence-electron chi connectivity index (χ4n) is 2.09. The lowest BCUT2D eigenvalue weighted by Gasteiger charge is -2.08. The van der Waals surface area contributed by atoms with E-state index < -0.39 is 12.0 Å². The summed E-state index contributed by atoms with van der Waals surface area (Å²) in [5.41, 5.74) is 0.864. The van der Waals surface area contributed by atoms with Gasteiger partial charge in [-0.15, -0.1) is 16.8 Å². The number of amides is 2. The van der Waals surface area contributed by atoms with Gasteiger partial charge in [0, 0.05) is 12.1 Å². The predicted molar refractivity (Wildman–Crippen MR) is 98.1 cm³/mol. The molecular formula is C17H20N4O4S. The zero-order valence-corrected chi connectivity index (χ0v) is 15.4. The smallest absolute Gasteiger partial charge is 0.413 e. The van der Waals surface area contributed by atoms with Crippen LogP contribution >= 0.6 is 11.8 Å². The number of hydrogen-bond acceptors (Lipinski definition) is 7. The molecule has 2 aromatic rings. The van der Waals surface area contributed by atoms with E-state index in [1.807, 2.05) is 28.8 Å². The number of carbonyl (C=O) groups is 2. The standard InChI is InChI=1S/C17H20N4O4S/c1-4-10-21-15(12-6-8-13(24-3)9-7-12)19-20-16(21)26-11-14(22)18-17(23)25-5-2/h4,6-9H,1,5,10-11H2,2-3H3,(H,18,22,23). The van der Waals surface area contributed by atoms with Crippen LogP contribution in [0.4, 0.5) is 4.79 Å². The summed E-state index contributed by atoms with van der Waals surface area (Å²) >= 11 is 1.18. The highest BCUT2D eigenvalue weighted by atomic mass is 32.2. The Kier molecular flexibility index (Phi) is 7.22. The second kappa shape index (κ2) is 9.62. The van der Waals surface area contributed by atoms with Gasteiger partial charge in [-0.3, -0.25) is 14.7 Å². The number of alkyl carbamates (subject to hydrolysis) is 1. The van der Waals surface area contributed by atoms with Crippen LogP contribution in [-0.4, -0.2) is 46.2 Å². The molecule has 0 saturated carbocycles. The highest BCUT2D eigenvalue weighted by molar-refractivity contribution is 7.99. The van der Waals surface area contributed by atoms with E-state index in [1.165, 1.54) is 11.8 Å². The Morgan fingerprint density at radius 1 is 1.31 bits per heavy atom. The van der Waals surface area contributed by atoms with Gasteiger partial charge in [-0.2, -0.15) is 0 Å². The number of aromatic nitrogens is 3. The minimum absolute atomic E-state index is 0.0106. The molecule has 1 N–H and O–H groups in total. The molecule has 2 rings (SSSR count). The van der Waals surface area contributed by atoms with Crippen molar-refractivity contribution in [3.8, 4) is 17.1 Å². The van der Waals surface area contributed by atoms with Crippen LogP contribution in [0.2, 0.25) is 0 Å². The summed E-state index contributed by atoms with van der Waals surface area (Å²) in [7, 11) is 1.60. The first-order valence-electron chi connectivity index (χ1n) is 7.87. The van der Waals surface area contributed by atoms with Crippen LogP contribution in [-0.2, 0) is 16.1 Å². The molecular weight excluding hydrogens is 356 g/mol. The number of benzene rings is 1. The Balaban J connectivity index is 2.11. The molecule has 0 aliphatic heterocycles. The van der Waals surface area contributed by atoms with Crippen molar-refractivity contribution in [2.24, 2.45) is 0 Å². The number of rotatable bonds is 8. The lowest BCUT2D eigenvalue weighted by atomic mass is 10.2. The second-order valence-corrected chi connectivity index (χ2v) is 5.93. The Morgan fingerprint density at radius 2 is 2.04 bits per heavy atom. The Labute approximate surface area is 155 Å². The van der Waals surface area contributed by atoms with Gasteiger partial charge in [0.05, 0.1) is 19.5 Å². The van der Waals surface area contributed by atoms with E-state index in [0.717, 1.165) is 11.3 Å². The minimum Gasteiger partial charge on any atom is -0.497 e. The van der Waals surface area contributed by atoms with E-state index in [-0.39, 0.29) is 12.4 Å². The summed E-state index contributed by atoms with van der Waals surface area (Å²) < 4.78 is 11.7. The molecule has 26 heavy (non-hydrogen) atoms. The van der Waals surface area contributed by atoms with Crippen molar-refractivity contribution in [1.29, 1.82) is 0 Å². The SMILES string of the molecule is C=CCn1c(SCC(=O)NC(=O)OCC)nnc1-c1ccc(OC)cc1. The average Bonchev–Trinajstić information content (AvgIpc) is 3.03. The molecule has 1 heterocycles. The van der Waals surface area contributed by atoms with Gasteiger partial charge in [0.1, 0.15) is 5.75 Å². The lowest BCUT2D eigenvalue weighted by Crippen LogP contribution is -2.32. The van der Waals surface area contributed by atoms with Crippen molar-refractivity contribution in [1.82, 2.24) is 20.1 Å². The van der Waals surface area contributed by atoms with Crippen LogP contribution in [0, 0.1) is 0 Å². The predicted octanol–water partition coefficient (Wildman–Crippen LogP) is 2.50. The van der Waals surface area contributed by atoms with Gasteiger partial charge < -0.3 is 9.47 Å². The molecule has 0 fully saturated rings. The van der Waals surface area contributed by atoms with Crippen molar-refractivity contribution in [3.63, 3.8) is 0 Å². The zero-order valence-electron chi connectivity index (χ0n) is 14.6. The van der Waals surface area contributed by atoms with Crippen LogP contribution in [0.15, 0.2) is 42.1 Å². The lowest BCUT2D eigenvalue weighted by molar-refractivity contribution is -0.117. The molecule has 1 aromatic heterocycles. The zero-order chi connectivity index (χ0) is 18.9. The highest BCUT2D eigenvalue weighted by Crippen LogP contribution is 2.25. The van der Waals surface area contributed by atoms with Crippen molar-refractivity contribution < 1.29 is 19.1 Å². The molecule has 9 heteroatoms. The third-order valence-corrected chi connectivity index (χ3v) is 4.19. The molecule has 0 bridgehead atoms. The average molecular weight is 376 g/mol. The van der Waals surface area contributed by atoms with E-state index in [4.69, 9.17) is 4.74 Å². The van der Waals surface area contributed by atoms with E-state index in [9.17, 15) is 9.59 Å². The number of ether oxygens (including phenoxy) is 2. The molecule has 1 aromatic carbocycles. The van der Waals surface area contributed by atoms with E-state index in [0.29, 0.717) is 17.5 Å². The number of nitrogens with one attached hydrogen (secondary N) is 1. The highest BCUT2D eigenvalue weighted by Gasteiger charge is 2.16. The van der Waals surface area contributed by atoms with E-state index in [2.05, 4.69) is 26.8 Å². The maximum absolute atomic E-state index is 11.8. The van der Waals surface area contributed by atoms with Gasteiger partial charge in [0.25, 0.3) is 0 Å². The first kappa shape index (κ1) is 19.5. The number of thioether (sulfide) groups is 1. The van der Waals surface area contributed by atoms with Crippen molar-refractivity contribution >= 4 is 23.8 Å². The quantitative estimate of drug-likeness (QED) is 0.559. The Bertz CT molecular complexity index is 774.